The Labute approximate surface area is 169 Å². The van der Waals surface area contributed by atoms with E-state index >= 15 is 0 Å². The Balaban J connectivity index is 1.57. The predicted octanol–water partition coefficient (Wildman–Crippen LogP) is 3.00. The highest BCUT2D eigenvalue weighted by Gasteiger charge is 2.18. The second-order valence-corrected chi connectivity index (χ2v) is 8.61. The average Bonchev–Trinajstić information content (AvgIpc) is 3.21. The number of thioether (sulfide) groups is 1. The maximum atomic E-state index is 13.0. The van der Waals surface area contributed by atoms with E-state index in [1.807, 2.05) is 55.5 Å². The Kier molecular flexibility index (Phi) is 5.46. The molecule has 1 aromatic carbocycles. The maximum Gasteiger partial charge on any atom is 0.252 e. The van der Waals surface area contributed by atoms with Crippen molar-refractivity contribution in [2.45, 2.75) is 26.9 Å². The summed E-state index contributed by atoms with van der Waals surface area (Å²) in [5.41, 5.74) is 6.08. The van der Waals surface area contributed by atoms with E-state index < -0.39 is 0 Å². The Morgan fingerprint density at radius 2 is 2.07 bits per heavy atom. The lowest BCUT2D eigenvalue weighted by Gasteiger charge is -2.26. The molecule has 3 aromatic rings. The van der Waals surface area contributed by atoms with E-state index in [9.17, 15) is 4.79 Å². The Morgan fingerprint density at radius 1 is 1.29 bits per heavy atom. The minimum atomic E-state index is -0.0386. The van der Waals surface area contributed by atoms with Crippen molar-refractivity contribution in [2.24, 2.45) is 7.05 Å². The van der Waals surface area contributed by atoms with Gasteiger partial charge in [-0.05, 0) is 31.5 Å². The molecule has 6 nitrogen and oxygen atoms in total. The second kappa shape index (κ2) is 8.01. The van der Waals surface area contributed by atoms with Crippen LogP contribution in [-0.4, -0.2) is 50.2 Å². The van der Waals surface area contributed by atoms with Crippen molar-refractivity contribution in [3.8, 4) is 0 Å². The number of H-pyrrole nitrogens is 1. The van der Waals surface area contributed by atoms with Crippen molar-refractivity contribution in [1.82, 2.24) is 25.0 Å². The highest BCUT2D eigenvalue weighted by atomic mass is 32.2. The molecular weight excluding hydrogens is 370 g/mol. The van der Waals surface area contributed by atoms with Crippen LogP contribution in [0.4, 0.5) is 0 Å². The van der Waals surface area contributed by atoms with Gasteiger partial charge in [0.15, 0.2) is 0 Å². The number of aromatic nitrogens is 3. The second-order valence-electron chi connectivity index (χ2n) is 7.39. The normalized spacial score (nSPS) is 15.2. The summed E-state index contributed by atoms with van der Waals surface area (Å²) in [6, 6.07) is 5.90. The molecule has 148 valence electrons. The molecule has 3 heterocycles. The molecule has 7 heteroatoms. The number of hydrogen-bond acceptors (Lipinski definition) is 4. The SMILES string of the molecule is Cc1nn(C)c(C)c1CNC(=O)c1cccc2[nH]cc(CN3CCSCC3)c12. The molecule has 4 rings (SSSR count). The molecule has 1 amide bonds. The van der Waals surface area contributed by atoms with E-state index in [2.05, 4.69) is 26.5 Å². The van der Waals surface area contributed by atoms with Gasteiger partial charge < -0.3 is 10.3 Å². The molecule has 0 spiro atoms. The lowest BCUT2D eigenvalue weighted by atomic mass is 10.0. The van der Waals surface area contributed by atoms with Gasteiger partial charge in [0.2, 0.25) is 0 Å². The summed E-state index contributed by atoms with van der Waals surface area (Å²) in [6.45, 7) is 7.59. The van der Waals surface area contributed by atoms with Crippen LogP contribution < -0.4 is 5.32 Å². The van der Waals surface area contributed by atoms with E-state index in [-0.39, 0.29) is 5.91 Å². The quantitative estimate of drug-likeness (QED) is 0.695. The van der Waals surface area contributed by atoms with E-state index in [0.717, 1.165) is 53.1 Å². The van der Waals surface area contributed by atoms with Crippen LogP contribution in [0.15, 0.2) is 24.4 Å². The molecule has 0 bridgehead atoms. The fourth-order valence-corrected chi connectivity index (χ4v) is 4.89. The highest BCUT2D eigenvalue weighted by Crippen LogP contribution is 2.25. The largest absolute Gasteiger partial charge is 0.361 e. The summed E-state index contributed by atoms with van der Waals surface area (Å²) < 4.78 is 1.86. The predicted molar refractivity (Wildman–Crippen MR) is 115 cm³/mol. The number of benzene rings is 1. The van der Waals surface area contributed by atoms with Gasteiger partial charge in [0, 0.05) is 78.7 Å². The Bertz CT molecular complexity index is 1000. The number of nitrogens with one attached hydrogen (secondary N) is 2. The zero-order chi connectivity index (χ0) is 19.7. The summed E-state index contributed by atoms with van der Waals surface area (Å²) in [5.74, 6) is 2.32. The van der Waals surface area contributed by atoms with Gasteiger partial charge in [-0.2, -0.15) is 16.9 Å². The number of rotatable bonds is 5. The van der Waals surface area contributed by atoms with E-state index in [4.69, 9.17) is 0 Å². The number of aryl methyl sites for hydroxylation is 2. The van der Waals surface area contributed by atoms with Gasteiger partial charge in [-0.15, -0.1) is 0 Å². The van der Waals surface area contributed by atoms with Crippen molar-refractivity contribution in [3.05, 3.63) is 52.5 Å². The third kappa shape index (κ3) is 3.69. The monoisotopic (exact) mass is 397 g/mol. The molecule has 0 radical (unpaired) electrons. The van der Waals surface area contributed by atoms with E-state index in [1.54, 1.807) is 0 Å². The zero-order valence-electron chi connectivity index (χ0n) is 16.7. The molecule has 1 aliphatic rings. The Morgan fingerprint density at radius 3 is 2.79 bits per heavy atom. The van der Waals surface area contributed by atoms with E-state index in [1.165, 1.54) is 17.1 Å². The third-order valence-corrected chi connectivity index (χ3v) is 6.56. The number of nitrogens with zero attached hydrogens (tertiary/aromatic N) is 3. The summed E-state index contributed by atoms with van der Waals surface area (Å²) in [4.78, 5) is 18.8. The fraction of sp³-hybridized carbons (Fsp3) is 0.429. The van der Waals surface area contributed by atoms with Gasteiger partial charge >= 0.3 is 0 Å². The van der Waals surface area contributed by atoms with Gasteiger partial charge in [-0.25, -0.2) is 0 Å². The standard InChI is InChI=1S/C21H27N5OS/c1-14-18(15(2)25(3)24-14)12-23-21(27)17-5-4-6-19-20(17)16(11-22-19)13-26-7-9-28-10-8-26/h4-6,11,22H,7-10,12-13H2,1-3H3,(H,23,27). The minimum absolute atomic E-state index is 0.0386. The first-order chi connectivity index (χ1) is 13.5. The van der Waals surface area contributed by atoms with Gasteiger partial charge in [-0.1, -0.05) is 6.07 Å². The average molecular weight is 398 g/mol. The molecule has 1 aliphatic heterocycles. The maximum absolute atomic E-state index is 13.0. The number of fused-ring (bicyclic) bond motifs is 1. The molecule has 2 aromatic heterocycles. The first-order valence-electron chi connectivity index (χ1n) is 9.71. The molecule has 0 saturated carbocycles. The van der Waals surface area contributed by atoms with Crippen LogP contribution in [0, 0.1) is 13.8 Å². The van der Waals surface area contributed by atoms with E-state index in [0.29, 0.717) is 6.54 Å². The molecule has 0 aliphatic carbocycles. The number of carbonyl (C=O) groups is 1. The number of aromatic amines is 1. The first kappa shape index (κ1) is 19.1. The topological polar surface area (TPSA) is 66.0 Å². The van der Waals surface area contributed by atoms with Gasteiger partial charge in [-0.3, -0.25) is 14.4 Å². The molecule has 1 saturated heterocycles. The summed E-state index contributed by atoms with van der Waals surface area (Å²) in [5, 5.41) is 8.57. The van der Waals surface area contributed by atoms with Crippen molar-refractivity contribution < 1.29 is 4.79 Å². The Hall–Kier alpha value is -2.25. The van der Waals surface area contributed by atoms with Crippen LogP contribution in [0.5, 0.6) is 0 Å². The van der Waals surface area contributed by atoms with Crippen LogP contribution >= 0.6 is 11.8 Å². The first-order valence-corrected chi connectivity index (χ1v) is 10.9. The molecule has 28 heavy (non-hydrogen) atoms. The lowest BCUT2D eigenvalue weighted by Crippen LogP contribution is -2.32. The molecular formula is C21H27N5OS. The van der Waals surface area contributed by atoms with Crippen molar-refractivity contribution in [2.75, 3.05) is 24.6 Å². The summed E-state index contributed by atoms with van der Waals surface area (Å²) in [6.07, 6.45) is 2.05. The molecule has 0 unspecified atom stereocenters. The van der Waals surface area contributed by atoms with Crippen molar-refractivity contribution in [1.29, 1.82) is 0 Å². The van der Waals surface area contributed by atoms with Gasteiger partial charge in [0.25, 0.3) is 5.91 Å². The minimum Gasteiger partial charge on any atom is -0.361 e. The van der Waals surface area contributed by atoms with Crippen LogP contribution in [0.3, 0.4) is 0 Å². The van der Waals surface area contributed by atoms with Crippen LogP contribution in [0.25, 0.3) is 10.9 Å². The van der Waals surface area contributed by atoms with Gasteiger partial charge in [0.1, 0.15) is 0 Å². The van der Waals surface area contributed by atoms with Gasteiger partial charge in [0.05, 0.1) is 5.69 Å². The summed E-state index contributed by atoms with van der Waals surface area (Å²) >= 11 is 2.01. The summed E-state index contributed by atoms with van der Waals surface area (Å²) in [7, 11) is 1.93. The molecule has 1 fully saturated rings. The molecule has 2 N–H and O–H groups in total. The van der Waals surface area contributed by atoms with Crippen molar-refractivity contribution in [3.63, 3.8) is 0 Å². The van der Waals surface area contributed by atoms with Crippen LogP contribution in [0.2, 0.25) is 0 Å². The third-order valence-electron chi connectivity index (χ3n) is 5.61. The number of hydrogen-bond donors (Lipinski definition) is 2. The lowest BCUT2D eigenvalue weighted by molar-refractivity contribution is 0.0952. The smallest absolute Gasteiger partial charge is 0.252 e. The molecule has 0 atom stereocenters. The number of carbonyl (C=O) groups excluding carboxylic acids is 1. The van der Waals surface area contributed by atoms with Crippen molar-refractivity contribution >= 4 is 28.6 Å². The highest BCUT2D eigenvalue weighted by molar-refractivity contribution is 7.99. The zero-order valence-corrected chi connectivity index (χ0v) is 17.5. The van der Waals surface area contributed by atoms with Crippen LogP contribution in [0.1, 0.15) is 32.9 Å². The number of amides is 1. The fourth-order valence-electron chi connectivity index (χ4n) is 3.91. The van der Waals surface area contributed by atoms with Crippen LogP contribution in [-0.2, 0) is 20.1 Å².